The predicted molar refractivity (Wildman–Crippen MR) is 73.3 cm³/mol. The lowest BCUT2D eigenvalue weighted by Crippen LogP contribution is -2.19. The third-order valence-corrected chi connectivity index (χ3v) is 2.44. The number of aliphatic hydroxyl groups is 1. The van der Waals surface area contributed by atoms with Gasteiger partial charge in [0.15, 0.2) is 5.82 Å². The molecule has 0 aliphatic carbocycles. The first-order valence-corrected chi connectivity index (χ1v) is 6.15. The minimum atomic E-state index is -0.471. The van der Waals surface area contributed by atoms with Gasteiger partial charge in [0, 0.05) is 33.9 Å². The maximum absolute atomic E-state index is 9.54. The lowest BCUT2D eigenvalue weighted by Gasteiger charge is -2.12. The summed E-state index contributed by atoms with van der Waals surface area (Å²) in [5, 5.41) is 15.7. The second kappa shape index (κ2) is 8.63. The molecule has 0 saturated carbocycles. The van der Waals surface area contributed by atoms with Gasteiger partial charge in [-0.1, -0.05) is 0 Å². The van der Waals surface area contributed by atoms with E-state index in [4.69, 9.17) is 9.47 Å². The Morgan fingerprint density at radius 3 is 2.63 bits per heavy atom. The van der Waals surface area contributed by atoms with Crippen molar-refractivity contribution >= 4 is 11.6 Å². The van der Waals surface area contributed by atoms with E-state index in [1.54, 1.807) is 21.3 Å². The van der Waals surface area contributed by atoms with Gasteiger partial charge in [0.25, 0.3) is 0 Å². The van der Waals surface area contributed by atoms with Crippen molar-refractivity contribution in [3.63, 3.8) is 0 Å². The van der Waals surface area contributed by atoms with E-state index in [2.05, 4.69) is 20.6 Å². The Hall–Kier alpha value is -1.44. The lowest BCUT2D eigenvalue weighted by molar-refractivity contribution is 0.0615. The van der Waals surface area contributed by atoms with Gasteiger partial charge in [-0.25, -0.2) is 9.97 Å². The number of hydrogen-bond acceptors (Lipinski definition) is 7. The van der Waals surface area contributed by atoms with Crippen molar-refractivity contribution in [1.82, 2.24) is 9.97 Å². The van der Waals surface area contributed by atoms with Crippen LogP contribution in [0.1, 0.15) is 12.2 Å². The van der Waals surface area contributed by atoms with Gasteiger partial charge in [-0.05, 0) is 6.42 Å². The molecule has 0 aromatic carbocycles. The van der Waals surface area contributed by atoms with Gasteiger partial charge >= 0.3 is 0 Å². The number of rotatable bonds is 9. The first-order valence-electron chi connectivity index (χ1n) is 6.15. The monoisotopic (exact) mass is 270 g/mol. The molecule has 1 heterocycles. The minimum absolute atomic E-state index is 0.335. The number of aromatic nitrogens is 2. The molecule has 19 heavy (non-hydrogen) atoms. The molecule has 1 rings (SSSR count). The van der Waals surface area contributed by atoms with Crippen LogP contribution >= 0.6 is 0 Å². The fourth-order valence-electron chi connectivity index (χ4n) is 1.55. The van der Waals surface area contributed by atoms with Crippen LogP contribution in [0.25, 0.3) is 0 Å². The van der Waals surface area contributed by atoms with Crippen LogP contribution in [0.15, 0.2) is 6.07 Å². The zero-order valence-corrected chi connectivity index (χ0v) is 11.6. The number of ether oxygens (including phenoxy) is 2. The largest absolute Gasteiger partial charge is 0.391 e. The Bertz CT molecular complexity index is 376. The fraction of sp³-hybridized carbons (Fsp3) is 0.667. The molecule has 0 saturated heterocycles. The number of nitrogens with one attached hydrogen (secondary N) is 2. The van der Waals surface area contributed by atoms with Crippen molar-refractivity contribution in [2.45, 2.75) is 19.1 Å². The Morgan fingerprint density at radius 2 is 2.00 bits per heavy atom. The molecule has 1 unspecified atom stereocenters. The quantitative estimate of drug-likeness (QED) is 0.601. The molecule has 3 N–H and O–H groups in total. The number of nitrogens with zero attached hydrogens (tertiary/aromatic N) is 2. The van der Waals surface area contributed by atoms with Gasteiger partial charge in [0.1, 0.15) is 18.2 Å². The van der Waals surface area contributed by atoms with Crippen LogP contribution in [0, 0.1) is 0 Å². The van der Waals surface area contributed by atoms with Crippen LogP contribution < -0.4 is 10.6 Å². The van der Waals surface area contributed by atoms with Crippen LogP contribution in [-0.2, 0) is 16.1 Å². The van der Waals surface area contributed by atoms with Gasteiger partial charge in [-0.2, -0.15) is 0 Å². The first kappa shape index (κ1) is 15.6. The molecule has 0 aliphatic rings. The summed E-state index contributed by atoms with van der Waals surface area (Å²) in [6.45, 7) is 1.30. The second-order valence-corrected chi connectivity index (χ2v) is 4.06. The van der Waals surface area contributed by atoms with Gasteiger partial charge in [0.2, 0.25) is 0 Å². The molecule has 7 nitrogen and oxygen atoms in total. The molecular weight excluding hydrogens is 248 g/mol. The highest BCUT2D eigenvalue weighted by Gasteiger charge is 2.06. The van der Waals surface area contributed by atoms with E-state index in [1.165, 1.54) is 0 Å². The van der Waals surface area contributed by atoms with Crippen molar-refractivity contribution in [2.75, 3.05) is 45.1 Å². The van der Waals surface area contributed by atoms with E-state index >= 15 is 0 Å². The van der Waals surface area contributed by atoms with E-state index in [1.807, 2.05) is 6.07 Å². The fourth-order valence-corrected chi connectivity index (χ4v) is 1.55. The highest BCUT2D eigenvalue weighted by molar-refractivity contribution is 5.47. The number of anilines is 2. The minimum Gasteiger partial charge on any atom is -0.391 e. The molecule has 0 bridgehead atoms. The summed E-state index contributed by atoms with van der Waals surface area (Å²) in [5.41, 5.74) is 0. The van der Waals surface area contributed by atoms with Crippen molar-refractivity contribution in [2.24, 2.45) is 0 Å². The third-order valence-electron chi connectivity index (χ3n) is 2.44. The van der Waals surface area contributed by atoms with Gasteiger partial charge in [0.05, 0.1) is 12.7 Å². The molecule has 0 spiro atoms. The van der Waals surface area contributed by atoms with Crippen molar-refractivity contribution < 1.29 is 14.6 Å². The first-order chi connectivity index (χ1) is 9.19. The normalized spacial score (nSPS) is 12.2. The van der Waals surface area contributed by atoms with Crippen LogP contribution in [0.2, 0.25) is 0 Å². The summed E-state index contributed by atoms with van der Waals surface area (Å²) < 4.78 is 9.88. The third kappa shape index (κ3) is 5.82. The molecule has 108 valence electrons. The molecule has 0 fully saturated rings. The average molecular weight is 270 g/mol. The highest BCUT2D eigenvalue weighted by Crippen LogP contribution is 2.11. The molecular formula is C12H22N4O3. The predicted octanol–water partition coefficient (Wildman–Crippen LogP) is 0.474. The van der Waals surface area contributed by atoms with Gasteiger partial charge in [-0.3, -0.25) is 0 Å². The van der Waals surface area contributed by atoms with Crippen LogP contribution in [0.4, 0.5) is 11.6 Å². The van der Waals surface area contributed by atoms with E-state index in [9.17, 15) is 5.11 Å². The molecule has 0 radical (unpaired) electrons. The SMILES string of the molecule is CNc1cc(NCCC(O)COC)nc(COC)n1. The smallest absolute Gasteiger partial charge is 0.158 e. The van der Waals surface area contributed by atoms with E-state index in [0.717, 1.165) is 5.82 Å². The van der Waals surface area contributed by atoms with E-state index in [-0.39, 0.29) is 0 Å². The number of hydrogen-bond donors (Lipinski definition) is 3. The van der Waals surface area contributed by atoms with Crippen molar-refractivity contribution in [1.29, 1.82) is 0 Å². The Balaban J connectivity index is 2.54. The topological polar surface area (TPSA) is 88.5 Å². The van der Waals surface area contributed by atoms with Crippen LogP contribution in [0.3, 0.4) is 0 Å². The summed E-state index contributed by atoms with van der Waals surface area (Å²) in [5.74, 6) is 2.03. The zero-order chi connectivity index (χ0) is 14.1. The highest BCUT2D eigenvalue weighted by atomic mass is 16.5. The molecule has 1 aromatic rings. The molecule has 0 amide bonds. The van der Waals surface area contributed by atoms with Crippen LogP contribution in [0.5, 0.6) is 0 Å². The molecule has 1 aromatic heterocycles. The Labute approximate surface area is 113 Å². The molecule has 1 atom stereocenters. The van der Waals surface area contributed by atoms with Gasteiger partial charge < -0.3 is 25.2 Å². The van der Waals surface area contributed by atoms with Crippen molar-refractivity contribution in [3.05, 3.63) is 11.9 Å². The van der Waals surface area contributed by atoms with Crippen molar-refractivity contribution in [3.8, 4) is 0 Å². The number of aliphatic hydroxyl groups excluding tert-OH is 1. The van der Waals surface area contributed by atoms with Gasteiger partial charge in [-0.15, -0.1) is 0 Å². The molecule has 0 aliphatic heterocycles. The number of methoxy groups -OCH3 is 2. The Kier molecular flexibility index (Phi) is 7.09. The second-order valence-electron chi connectivity index (χ2n) is 4.06. The summed E-state index contributed by atoms with van der Waals surface area (Å²) >= 11 is 0. The zero-order valence-electron chi connectivity index (χ0n) is 11.6. The average Bonchev–Trinajstić information content (AvgIpc) is 2.39. The molecule has 7 heteroatoms. The summed E-state index contributed by atoms with van der Waals surface area (Å²) in [7, 11) is 4.96. The lowest BCUT2D eigenvalue weighted by atomic mass is 10.2. The maximum atomic E-state index is 9.54. The standard InChI is InChI=1S/C12H22N4O3/c1-13-10-6-11(16-12(15-10)8-19-3)14-5-4-9(17)7-18-2/h6,9,17H,4-5,7-8H2,1-3H3,(H2,13,14,15,16). The summed E-state index contributed by atoms with van der Waals surface area (Å²) in [6.07, 6.45) is 0.119. The van der Waals surface area contributed by atoms with E-state index in [0.29, 0.717) is 37.8 Å². The summed E-state index contributed by atoms with van der Waals surface area (Å²) in [6, 6.07) is 1.81. The maximum Gasteiger partial charge on any atom is 0.158 e. The van der Waals surface area contributed by atoms with E-state index < -0.39 is 6.10 Å². The summed E-state index contributed by atoms with van der Waals surface area (Å²) in [4.78, 5) is 8.57. The Morgan fingerprint density at radius 1 is 1.26 bits per heavy atom. The van der Waals surface area contributed by atoms with Crippen LogP contribution in [-0.4, -0.2) is 55.6 Å².